The first-order valence-electron chi connectivity index (χ1n) is 6.52. The molecule has 4 atom stereocenters. The summed E-state index contributed by atoms with van der Waals surface area (Å²) in [6.45, 7) is 7.81. The van der Waals surface area contributed by atoms with Crippen molar-refractivity contribution in [3.05, 3.63) is 30.1 Å². The Morgan fingerprint density at radius 2 is 2.18 bits per heavy atom. The molecular formula is C14H23N3. The lowest BCUT2D eigenvalue weighted by Gasteiger charge is -2.33. The molecule has 3 heteroatoms. The van der Waals surface area contributed by atoms with Gasteiger partial charge in [0.25, 0.3) is 0 Å². The minimum atomic E-state index is 0.109. The van der Waals surface area contributed by atoms with Crippen LogP contribution in [0.4, 0.5) is 0 Å². The van der Waals surface area contributed by atoms with E-state index in [9.17, 15) is 0 Å². The van der Waals surface area contributed by atoms with E-state index in [4.69, 9.17) is 5.73 Å². The topological polar surface area (TPSA) is 42.2 Å². The van der Waals surface area contributed by atoms with E-state index in [1.165, 1.54) is 6.42 Å². The molecule has 1 aromatic heterocycles. The number of likely N-dealkylation sites (tertiary alicyclic amines) is 1. The Morgan fingerprint density at radius 1 is 1.41 bits per heavy atom. The molecule has 0 saturated carbocycles. The van der Waals surface area contributed by atoms with E-state index in [0.717, 1.165) is 18.2 Å². The molecule has 0 amide bonds. The van der Waals surface area contributed by atoms with Crippen molar-refractivity contribution in [2.24, 2.45) is 11.7 Å². The fraction of sp³-hybridized carbons (Fsp3) is 0.643. The van der Waals surface area contributed by atoms with Gasteiger partial charge >= 0.3 is 0 Å². The van der Waals surface area contributed by atoms with E-state index in [-0.39, 0.29) is 12.1 Å². The molecule has 1 aliphatic rings. The first-order valence-corrected chi connectivity index (χ1v) is 6.52. The van der Waals surface area contributed by atoms with E-state index in [0.29, 0.717) is 6.04 Å². The molecule has 17 heavy (non-hydrogen) atoms. The van der Waals surface area contributed by atoms with Gasteiger partial charge in [-0.3, -0.25) is 9.88 Å². The normalized spacial score (nSPS) is 29.2. The van der Waals surface area contributed by atoms with Gasteiger partial charge in [-0.05, 0) is 38.3 Å². The smallest absolute Gasteiger partial charge is 0.0673 e. The summed E-state index contributed by atoms with van der Waals surface area (Å²) in [6, 6.07) is 7.04. The molecule has 0 bridgehead atoms. The van der Waals surface area contributed by atoms with Crippen molar-refractivity contribution in [1.82, 2.24) is 9.88 Å². The summed E-state index contributed by atoms with van der Waals surface area (Å²) in [4.78, 5) is 6.99. The number of aromatic nitrogens is 1. The molecule has 0 aromatic carbocycles. The van der Waals surface area contributed by atoms with Crippen LogP contribution in [0.5, 0.6) is 0 Å². The lowest BCUT2D eigenvalue weighted by atomic mass is 10.0. The van der Waals surface area contributed by atoms with Gasteiger partial charge in [-0.1, -0.05) is 13.0 Å². The maximum atomic E-state index is 6.17. The van der Waals surface area contributed by atoms with Gasteiger partial charge in [0.05, 0.1) is 11.7 Å². The van der Waals surface area contributed by atoms with Crippen LogP contribution in [0.1, 0.15) is 38.9 Å². The summed E-state index contributed by atoms with van der Waals surface area (Å²) in [5, 5.41) is 0. The van der Waals surface area contributed by atoms with Gasteiger partial charge in [0.2, 0.25) is 0 Å². The second-order valence-electron chi connectivity index (χ2n) is 5.45. The lowest BCUT2D eigenvalue weighted by Crippen LogP contribution is -2.41. The standard InChI is InChI=1S/C14H23N3/c1-10-8-11(2)17(9-10)14(12(3)15)13-6-4-5-7-16-13/h4-7,10-12,14H,8-9,15H2,1-3H3. The summed E-state index contributed by atoms with van der Waals surface area (Å²) in [7, 11) is 0. The molecule has 2 N–H and O–H groups in total. The first kappa shape index (κ1) is 12.5. The maximum absolute atomic E-state index is 6.17. The highest BCUT2D eigenvalue weighted by Crippen LogP contribution is 2.32. The Bertz CT molecular complexity index is 350. The van der Waals surface area contributed by atoms with Crippen LogP contribution in [0.2, 0.25) is 0 Å². The van der Waals surface area contributed by atoms with Crippen molar-refractivity contribution in [3.63, 3.8) is 0 Å². The first-order chi connectivity index (χ1) is 8.09. The molecule has 3 nitrogen and oxygen atoms in total. The Labute approximate surface area is 104 Å². The monoisotopic (exact) mass is 233 g/mol. The molecule has 1 fully saturated rings. The van der Waals surface area contributed by atoms with Crippen LogP contribution in [0, 0.1) is 5.92 Å². The third-order valence-electron chi connectivity index (χ3n) is 3.68. The molecular weight excluding hydrogens is 210 g/mol. The SMILES string of the molecule is CC1CC(C)N(C(c2ccccn2)C(C)N)C1. The zero-order chi connectivity index (χ0) is 12.4. The third kappa shape index (κ3) is 2.67. The van der Waals surface area contributed by atoms with Crippen molar-refractivity contribution in [3.8, 4) is 0 Å². The van der Waals surface area contributed by atoms with Crippen LogP contribution in [0.15, 0.2) is 24.4 Å². The van der Waals surface area contributed by atoms with Crippen LogP contribution >= 0.6 is 0 Å². The van der Waals surface area contributed by atoms with E-state index >= 15 is 0 Å². The number of nitrogens with zero attached hydrogens (tertiary/aromatic N) is 2. The quantitative estimate of drug-likeness (QED) is 0.870. The zero-order valence-electron chi connectivity index (χ0n) is 11.0. The number of hydrogen-bond donors (Lipinski definition) is 1. The molecule has 1 saturated heterocycles. The fourth-order valence-electron chi connectivity index (χ4n) is 3.01. The Morgan fingerprint density at radius 3 is 2.65 bits per heavy atom. The van der Waals surface area contributed by atoms with E-state index in [1.807, 2.05) is 18.3 Å². The maximum Gasteiger partial charge on any atom is 0.0673 e. The average Bonchev–Trinajstić information content (AvgIpc) is 2.59. The van der Waals surface area contributed by atoms with E-state index < -0.39 is 0 Å². The van der Waals surface area contributed by atoms with E-state index in [1.54, 1.807) is 0 Å². The van der Waals surface area contributed by atoms with Gasteiger partial charge in [-0.25, -0.2) is 0 Å². The largest absolute Gasteiger partial charge is 0.326 e. The summed E-state index contributed by atoms with van der Waals surface area (Å²) < 4.78 is 0. The van der Waals surface area contributed by atoms with Gasteiger partial charge in [-0.2, -0.15) is 0 Å². The van der Waals surface area contributed by atoms with Crippen LogP contribution < -0.4 is 5.73 Å². The highest BCUT2D eigenvalue weighted by Gasteiger charge is 2.34. The van der Waals surface area contributed by atoms with Crippen LogP contribution in [0.3, 0.4) is 0 Å². The lowest BCUT2D eigenvalue weighted by molar-refractivity contribution is 0.164. The zero-order valence-corrected chi connectivity index (χ0v) is 11.0. The van der Waals surface area contributed by atoms with Crippen molar-refractivity contribution >= 4 is 0 Å². The van der Waals surface area contributed by atoms with Crippen molar-refractivity contribution < 1.29 is 0 Å². The molecule has 2 rings (SSSR count). The molecule has 0 radical (unpaired) electrons. The van der Waals surface area contributed by atoms with Gasteiger partial charge in [0.1, 0.15) is 0 Å². The van der Waals surface area contributed by atoms with Gasteiger partial charge in [0, 0.05) is 24.8 Å². The van der Waals surface area contributed by atoms with Crippen molar-refractivity contribution in [1.29, 1.82) is 0 Å². The number of nitrogens with two attached hydrogens (primary N) is 1. The molecule has 4 unspecified atom stereocenters. The minimum Gasteiger partial charge on any atom is -0.326 e. The van der Waals surface area contributed by atoms with Gasteiger partial charge in [-0.15, -0.1) is 0 Å². The Hall–Kier alpha value is -0.930. The van der Waals surface area contributed by atoms with Crippen molar-refractivity contribution in [2.75, 3.05) is 6.54 Å². The summed E-state index contributed by atoms with van der Waals surface area (Å²) in [6.07, 6.45) is 3.12. The average molecular weight is 233 g/mol. The number of rotatable bonds is 3. The third-order valence-corrected chi connectivity index (χ3v) is 3.68. The second-order valence-corrected chi connectivity index (χ2v) is 5.45. The predicted octanol–water partition coefficient (Wildman–Crippen LogP) is 2.20. The Balaban J connectivity index is 2.24. The van der Waals surface area contributed by atoms with Crippen LogP contribution in [0.25, 0.3) is 0 Å². The number of pyridine rings is 1. The highest BCUT2D eigenvalue weighted by molar-refractivity contribution is 5.12. The summed E-state index contributed by atoms with van der Waals surface area (Å²) in [5.41, 5.74) is 7.27. The van der Waals surface area contributed by atoms with Crippen molar-refractivity contribution in [2.45, 2.75) is 45.3 Å². The summed E-state index contributed by atoms with van der Waals surface area (Å²) >= 11 is 0. The summed E-state index contributed by atoms with van der Waals surface area (Å²) in [5.74, 6) is 0.759. The van der Waals surface area contributed by atoms with E-state index in [2.05, 4.69) is 36.7 Å². The highest BCUT2D eigenvalue weighted by atomic mass is 15.2. The molecule has 1 aromatic rings. The fourth-order valence-corrected chi connectivity index (χ4v) is 3.01. The predicted molar refractivity (Wildman–Crippen MR) is 70.6 cm³/mol. The molecule has 1 aliphatic heterocycles. The number of hydrogen-bond acceptors (Lipinski definition) is 3. The second kappa shape index (κ2) is 5.15. The van der Waals surface area contributed by atoms with Gasteiger partial charge < -0.3 is 5.73 Å². The molecule has 94 valence electrons. The van der Waals surface area contributed by atoms with Gasteiger partial charge in [0.15, 0.2) is 0 Å². The molecule has 0 spiro atoms. The minimum absolute atomic E-state index is 0.109. The Kier molecular flexibility index (Phi) is 3.79. The van der Waals surface area contributed by atoms with Crippen LogP contribution in [-0.4, -0.2) is 28.5 Å². The van der Waals surface area contributed by atoms with Crippen LogP contribution in [-0.2, 0) is 0 Å². The molecule has 2 heterocycles. The molecule has 0 aliphatic carbocycles.